The Hall–Kier alpha value is -0.860. The highest BCUT2D eigenvalue weighted by Crippen LogP contribution is 2.41. The summed E-state index contributed by atoms with van der Waals surface area (Å²) in [6, 6.07) is 0. The second-order valence-electron chi connectivity index (χ2n) is 5.34. The lowest BCUT2D eigenvalue weighted by molar-refractivity contribution is -0.0241. The molecular formula is C16H25NO. The minimum Gasteiger partial charge on any atom is -0.365 e. The summed E-state index contributed by atoms with van der Waals surface area (Å²) in [5.41, 5.74) is 2.79. The average Bonchev–Trinajstić information content (AvgIpc) is 2.71. The van der Waals surface area contributed by atoms with Crippen LogP contribution in [-0.2, 0) is 4.74 Å². The largest absolute Gasteiger partial charge is 0.365 e. The van der Waals surface area contributed by atoms with Crippen molar-refractivity contribution in [2.45, 2.75) is 38.7 Å². The van der Waals surface area contributed by atoms with Crippen LogP contribution in [0.1, 0.15) is 33.1 Å². The number of likely N-dealkylation sites (tertiary alicyclic amines) is 1. The Bertz CT molecular complexity index is 371. The first-order chi connectivity index (χ1) is 8.72. The highest BCUT2D eigenvalue weighted by Gasteiger charge is 2.42. The van der Waals surface area contributed by atoms with Gasteiger partial charge in [0.05, 0.1) is 12.2 Å². The number of hydrogen-bond donors (Lipinski definition) is 0. The van der Waals surface area contributed by atoms with Crippen LogP contribution in [0.2, 0.25) is 0 Å². The van der Waals surface area contributed by atoms with Gasteiger partial charge in [-0.3, -0.25) is 0 Å². The summed E-state index contributed by atoms with van der Waals surface area (Å²) in [6.07, 6.45) is 12.2. The maximum Gasteiger partial charge on any atom is 0.0963 e. The van der Waals surface area contributed by atoms with Crippen LogP contribution in [0.5, 0.6) is 0 Å². The van der Waals surface area contributed by atoms with Crippen molar-refractivity contribution in [1.82, 2.24) is 4.90 Å². The van der Waals surface area contributed by atoms with Crippen LogP contribution in [0.3, 0.4) is 0 Å². The molecule has 2 heterocycles. The number of nitrogens with zero attached hydrogens (tertiary/aromatic N) is 1. The third-order valence-electron chi connectivity index (χ3n) is 4.02. The van der Waals surface area contributed by atoms with Crippen molar-refractivity contribution in [2.75, 3.05) is 26.7 Å². The minimum absolute atomic E-state index is 0.00751. The van der Waals surface area contributed by atoms with Gasteiger partial charge in [0, 0.05) is 13.1 Å². The molecule has 0 unspecified atom stereocenters. The molecule has 0 saturated carbocycles. The average molecular weight is 247 g/mol. The van der Waals surface area contributed by atoms with E-state index in [2.05, 4.69) is 50.1 Å². The second kappa shape index (κ2) is 5.85. The molecule has 0 aliphatic carbocycles. The van der Waals surface area contributed by atoms with Crippen molar-refractivity contribution in [3.63, 3.8) is 0 Å². The lowest BCUT2D eigenvalue weighted by Crippen LogP contribution is -2.43. The lowest BCUT2D eigenvalue weighted by Gasteiger charge is -2.38. The van der Waals surface area contributed by atoms with E-state index in [4.69, 9.17) is 4.74 Å². The topological polar surface area (TPSA) is 12.5 Å². The van der Waals surface area contributed by atoms with Gasteiger partial charge in [-0.25, -0.2) is 0 Å². The molecule has 2 nitrogen and oxygen atoms in total. The Morgan fingerprint density at radius 1 is 1.28 bits per heavy atom. The fourth-order valence-electron chi connectivity index (χ4n) is 2.88. The molecule has 0 aromatic rings. The lowest BCUT2D eigenvalue weighted by atomic mass is 9.83. The number of allylic oxidation sites excluding steroid dienone is 2. The Morgan fingerprint density at radius 2 is 2.00 bits per heavy atom. The van der Waals surface area contributed by atoms with Gasteiger partial charge in [0.25, 0.3) is 0 Å². The molecule has 0 amide bonds. The van der Waals surface area contributed by atoms with Gasteiger partial charge in [-0.1, -0.05) is 31.2 Å². The van der Waals surface area contributed by atoms with E-state index >= 15 is 0 Å². The van der Waals surface area contributed by atoms with Gasteiger partial charge >= 0.3 is 0 Å². The fraction of sp³-hybridized carbons (Fsp3) is 0.625. The Morgan fingerprint density at radius 3 is 2.61 bits per heavy atom. The second-order valence-corrected chi connectivity index (χ2v) is 5.34. The molecule has 2 aliphatic heterocycles. The van der Waals surface area contributed by atoms with Gasteiger partial charge in [-0.15, -0.1) is 0 Å². The highest BCUT2D eigenvalue weighted by molar-refractivity contribution is 5.43. The van der Waals surface area contributed by atoms with Crippen molar-refractivity contribution >= 4 is 0 Å². The maximum atomic E-state index is 6.20. The zero-order valence-electron chi connectivity index (χ0n) is 11.9. The molecule has 2 heteroatoms. The molecule has 18 heavy (non-hydrogen) atoms. The van der Waals surface area contributed by atoms with E-state index in [9.17, 15) is 0 Å². The number of piperidine rings is 1. The van der Waals surface area contributed by atoms with Gasteiger partial charge in [0.15, 0.2) is 0 Å². The van der Waals surface area contributed by atoms with Gasteiger partial charge in [0.1, 0.15) is 0 Å². The van der Waals surface area contributed by atoms with E-state index in [1.807, 2.05) is 0 Å². The molecule has 0 aromatic heterocycles. The van der Waals surface area contributed by atoms with Crippen molar-refractivity contribution in [3.05, 3.63) is 35.5 Å². The van der Waals surface area contributed by atoms with Gasteiger partial charge < -0.3 is 9.64 Å². The van der Waals surface area contributed by atoms with Crippen LogP contribution in [0.15, 0.2) is 35.5 Å². The first kappa shape index (κ1) is 13.6. The molecule has 100 valence electrons. The van der Waals surface area contributed by atoms with Crippen molar-refractivity contribution < 1.29 is 4.74 Å². The first-order valence-electron chi connectivity index (χ1n) is 7.07. The molecule has 0 N–H and O–H groups in total. The molecule has 0 radical (unpaired) electrons. The van der Waals surface area contributed by atoms with Gasteiger partial charge in [-0.2, -0.15) is 0 Å². The summed E-state index contributed by atoms with van der Waals surface area (Å²) in [7, 11) is 2.19. The summed E-state index contributed by atoms with van der Waals surface area (Å²) in [4.78, 5) is 2.39. The zero-order valence-corrected chi connectivity index (χ0v) is 11.9. The third-order valence-corrected chi connectivity index (χ3v) is 4.02. The molecular weight excluding hydrogens is 222 g/mol. The molecule has 1 saturated heterocycles. The SMILES string of the molecule is C/C=C\C1=C(/C=C\CC)COC12CCN(C)CC2. The van der Waals surface area contributed by atoms with Crippen LogP contribution in [-0.4, -0.2) is 37.2 Å². The van der Waals surface area contributed by atoms with Crippen LogP contribution in [0.4, 0.5) is 0 Å². The predicted molar refractivity (Wildman–Crippen MR) is 76.7 cm³/mol. The molecule has 2 aliphatic rings. The van der Waals surface area contributed by atoms with Gasteiger partial charge in [0.2, 0.25) is 0 Å². The van der Waals surface area contributed by atoms with Crippen molar-refractivity contribution in [2.24, 2.45) is 0 Å². The van der Waals surface area contributed by atoms with Crippen LogP contribution >= 0.6 is 0 Å². The Kier molecular flexibility index (Phi) is 4.41. The monoisotopic (exact) mass is 247 g/mol. The smallest absolute Gasteiger partial charge is 0.0963 e. The van der Waals surface area contributed by atoms with Crippen LogP contribution in [0.25, 0.3) is 0 Å². The van der Waals surface area contributed by atoms with Crippen LogP contribution in [0, 0.1) is 0 Å². The molecule has 1 fully saturated rings. The molecule has 0 bridgehead atoms. The summed E-state index contributed by atoms with van der Waals surface area (Å²) in [6.45, 7) is 7.31. The Balaban J connectivity index is 2.26. The first-order valence-corrected chi connectivity index (χ1v) is 7.07. The van der Waals surface area contributed by atoms with E-state index in [1.54, 1.807) is 0 Å². The number of hydrogen-bond acceptors (Lipinski definition) is 2. The molecule has 2 rings (SSSR count). The van der Waals surface area contributed by atoms with E-state index in [0.29, 0.717) is 0 Å². The quantitative estimate of drug-likeness (QED) is 0.758. The minimum atomic E-state index is -0.00751. The summed E-state index contributed by atoms with van der Waals surface area (Å²) in [5, 5.41) is 0. The van der Waals surface area contributed by atoms with Crippen LogP contribution < -0.4 is 0 Å². The Labute approximate surface area is 111 Å². The van der Waals surface area contributed by atoms with E-state index in [-0.39, 0.29) is 5.60 Å². The summed E-state index contributed by atoms with van der Waals surface area (Å²) >= 11 is 0. The van der Waals surface area contributed by atoms with Gasteiger partial charge in [-0.05, 0) is 44.4 Å². The third kappa shape index (κ3) is 2.60. The molecule has 0 aromatic carbocycles. The summed E-state index contributed by atoms with van der Waals surface area (Å²) in [5.74, 6) is 0. The highest BCUT2D eigenvalue weighted by atomic mass is 16.5. The molecule has 0 atom stereocenters. The van der Waals surface area contributed by atoms with E-state index in [0.717, 1.165) is 39.0 Å². The van der Waals surface area contributed by atoms with Crippen molar-refractivity contribution in [1.29, 1.82) is 0 Å². The summed E-state index contributed by atoms with van der Waals surface area (Å²) < 4.78 is 6.20. The van der Waals surface area contributed by atoms with E-state index < -0.39 is 0 Å². The normalized spacial score (nSPS) is 25.1. The predicted octanol–water partition coefficient (Wildman–Crippen LogP) is 3.32. The fourth-order valence-corrected chi connectivity index (χ4v) is 2.88. The van der Waals surface area contributed by atoms with E-state index in [1.165, 1.54) is 11.1 Å². The number of ether oxygens (including phenoxy) is 1. The standard InChI is InChI=1S/C16H25NO/c1-4-6-8-14-13-18-16(15(14)7-5-2)9-11-17(3)12-10-16/h5-8H,4,9-13H2,1-3H3/b7-5-,8-6-. The maximum absolute atomic E-state index is 6.20. The van der Waals surface area contributed by atoms with Crippen molar-refractivity contribution in [3.8, 4) is 0 Å². The zero-order chi connectivity index (χ0) is 13.0. The molecule has 1 spiro atoms. The number of rotatable bonds is 3.